The molecule has 0 amide bonds. The predicted octanol–water partition coefficient (Wildman–Crippen LogP) is 4.40. The van der Waals surface area contributed by atoms with Gasteiger partial charge in [-0.25, -0.2) is 0 Å². The molecule has 24 heavy (non-hydrogen) atoms. The maximum Gasteiger partial charge on any atom is 0.202 e. The molecule has 2 aliphatic rings. The zero-order valence-electron chi connectivity index (χ0n) is 16.0. The Morgan fingerprint density at radius 1 is 1.21 bits per heavy atom. The van der Waals surface area contributed by atoms with E-state index in [0.29, 0.717) is 22.2 Å². The number of hydrogen-bond acceptors (Lipinski definition) is 3. The predicted molar refractivity (Wildman–Crippen MR) is 100 cm³/mol. The summed E-state index contributed by atoms with van der Waals surface area (Å²) in [6, 6.07) is 0. The number of ether oxygens (including phenoxy) is 1. The molecule has 0 aromatic carbocycles. The molecule has 0 radical (unpaired) electrons. The van der Waals surface area contributed by atoms with Crippen LogP contribution in [0.2, 0.25) is 16.6 Å². The van der Waals surface area contributed by atoms with Crippen molar-refractivity contribution in [2.24, 2.45) is 0 Å². The molecule has 0 N–H and O–H groups in total. The van der Waals surface area contributed by atoms with Crippen LogP contribution >= 0.6 is 0 Å². The molecule has 0 saturated carbocycles. The molecule has 1 aliphatic carbocycles. The average Bonchev–Trinajstić information content (AvgIpc) is 3.25. The first kappa shape index (κ1) is 19.2. The highest BCUT2D eigenvalue weighted by Gasteiger charge is 2.57. The third-order valence-corrected chi connectivity index (χ3v) is 11.3. The van der Waals surface area contributed by atoms with Crippen molar-refractivity contribution in [3.63, 3.8) is 0 Å². The van der Waals surface area contributed by atoms with Crippen LogP contribution in [0.25, 0.3) is 0 Å². The van der Waals surface area contributed by atoms with E-state index in [1.165, 1.54) is 0 Å². The molecule has 1 heterocycles. The van der Waals surface area contributed by atoms with E-state index >= 15 is 0 Å². The van der Waals surface area contributed by atoms with E-state index in [1.807, 2.05) is 13.0 Å². The molecule has 3 atom stereocenters. The largest absolute Gasteiger partial charge is 0.407 e. The average molecular weight is 347 g/mol. The zero-order valence-corrected chi connectivity index (χ0v) is 17.0. The summed E-state index contributed by atoms with van der Waals surface area (Å²) in [5.74, 6) is 5.84. The second-order valence-electron chi connectivity index (χ2n) is 7.90. The molecule has 1 aliphatic heterocycles. The number of carbonyl (C=O) groups excluding carboxylic acids is 1. The maximum absolute atomic E-state index is 12.3. The first-order valence-corrected chi connectivity index (χ1v) is 11.0. The van der Waals surface area contributed by atoms with Gasteiger partial charge in [0.15, 0.2) is 6.10 Å². The van der Waals surface area contributed by atoms with Crippen LogP contribution in [0.4, 0.5) is 0 Å². The second-order valence-corrected chi connectivity index (χ2v) is 13.3. The van der Waals surface area contributed by atoms with Crippen molar-refractivity contribution in [2.75, 3.05) is 0 Å². The van der Waals surface area contributed by atoms with Gasteiger partial charge >= 0.3 is 0 Å². The fraction of sp³-hybridized carbons (Fsp3) is 0.650. The van der Waals surface area contributed by atoms with Gasteiger partial charge in [-0.05, 0) is 35.2 Å². The number of epoxide rings is 1. The minimum Gasteiger partial charge on any atom is -0.407 e. The molecule has 4 heteroatoms. The third kappa shape index (κ3) is 3.44. The molecular weight excluding hydrogens is 316 g/mol. The molecule has 0 bridgehead atoms. The van der Waals surface area contributed by atoms with Crippen LogP contribution in [0.5, 0.6) is 0 Å². The van der Waals surface area contributed by atoms with E-state index in [2.05, 4.69) is 60.0 Å². The Hall–Kier alpha value is -1.15. The monoisotopic (exact) mass is 346 g/mol. The van der Waals surface area contributed by atoms with E-state index in [0.717, 1.165) is 5.57 Å². The van der Waals surface area contributed by atoms with E-state index in [4.69, 9.17) is 9.16 Å². The Balaban J connectivity index is 2.35. The summed E-state index contributed by atoms with van der Waals surface area (Å²) in [7, 11) is -2.03. The lowest BCUT2D eigenvalue weighted by Crippen LogP contribution is -2.51. The van der Waals surface area contributed by atoms with Crippen molar-refractivity contribution in [3.8, 4) is 11.8 Å². The Labute approximate surface area is 147 Å². The van der Waals surface area contributed by atoms with Gasteiger partial charge in [0.05, 0.1) is 11.7 Å². The topological polar surface area (TPSA) is 38.8 Å². The van der Waals surface area contributed by atoms with Gasteiger partial charge in [-0.2, -0.15) is 0 Å². The minimum absolute atomic E-state index is 0.0143. The summed E-state index contributed by atoms with van der Waals surface area (Å²) in [5.41, 5.74) is 2.73. The van der Waals surface area contributed by atoms with Crippen LogP contribution in [0, 0.1) is 11.8 Å². The van der Waals surface area contributed by atoms with Gasteiger partial charge < -0.3 is 9.16 Å². The summed E-state index contributed by atoms with van der Waals surface area (Å²) < 4.78 is 12.4. The number of allylic oxidation sites excluding steroid dienone is 1. The van der Waals surface area contributed by atoms with Crippen molar-refractivity contribution in [1.82, 2.24) is 0 Å². The molecule has 132 valence electrons. The van der Waals surface area contributed by atoms with Gasteiger partial charge in [0.2, 0.25) is 14.1 Å². The minimum atomic E-state index is -2.03. The Kier molecular flexibility index (Phi) is 5.59. The lowest BCUT2D eigenvalue weighted by Gasteiger charge is -2.44. The number of carbonyl (C=O) groups is 1. The molecule has 2 rings (SSSR count). The van der Waals surface area contributed by atoms with Gasteiger partial charge in [-0.15, -0.1) is 0 Å². The van der Waals surface area contributed by atoms with Crippen molar-refractivity contribution >= 4 is 14.1 Å². The third-order valence-electron chi connectivity index (χ3n) is 5.16. The molecular formula is C20H30O3Si. The van der Waals surface area contributed by atoms with Crippen LogP contribution in [-0.4, -0.2) is 32.4 Å². The number of rotatable bonds is 5. The van der Waals surface area contributed by atoms with E-state index in [-0.39, 0.29) is 24.1 Å². The first-order chi connectivity index (χ1) is 11.1. The highest BCUT2D eigenvalue weighted by atomic mass is 28.4. The lowest BCUT2D eigenvalue weighted by atomic mass is 9.96. The van der Waals surface area contributed by atoms with Crippen LogP contribution in [0.1, 0.15) is 48.5 Å². The molecule has 1 saturated heterocycles. The standard InChI is InChI=1S/C20H30O3Si/c1-12(2)9-10-16-11-17(19-20(22-19)18(16)21)23-24(13(3)4,14(5)6)15(7)8/h11,13-15,17,19-20H,1H2,2-8H3/t17-,19+,20-/m1/s1. The van der Waals surface area contributed by atoms with Gasteiger partial charge in [0.1, 0.15) is 6.10 Å². The maximum atomic E-state index is 12.3. The smallest absolute Gasteiger partial charge is 0.202 e. The lowest BCUT2D eigenvalue weighted by molar-refractivity contribution is -0.116. The van der Waals surface area contributed by atoms with Crippen molar-refractivity contribution < 1.29 is 14.0 Å². The Bertz CT molecular complexity index is 597. The van der Waals surface area contributed by atoms with Crippen molar-refractivity contribution in [1.29, 1.82) is 0 Å². The van der Waals surface area contributed by atoms with Gasteiger partial charge in [-0.3, -0.25) is 4.79 Å². The van der Waals surface area contributed by atoms with E-state index in [9.17, 15) is 4.79 Å². The molecule has 3 nitrogen and oxygen atoms in total. The van der Waals surface area contributed by atoms with Crippen LogP contribution < -0.4 is 0 Å². The fourth-order valence-electron chi connectivity index (χ4n) is 4.10. The fourth-order valence-corrected chi connectivity index (χ4v) is 9.59. The number of Topliss-reactive ketones (excluding diaryl/α,β-unsaturated/α-hetero) is 1. The molecule has 0 aromatic rings. The summed E-state index contributed by atoms with van der Waals surface area (Å²) in [6.45, 7) is 19.2. The molecule has 0 unspecified atom stereocenters. The molecule has 0 aromatic heterocycles. The highest BCUT2D eigenvalue weighted by Crippen LogP contribution is 2.46. The molecule has 0 spiro atoms. The first-order valence-electron chi connectivity index (χ1n) is 8.88. The summed E-state index contributed by atoms with van der Waals surface area (Å²) in [5, 5.41) is 0. The van der Waals surface area contributed by atoms with Crippen molar-refractivity contribution in [2.45, 2.75) is 83.4 Å². The quantitative estimate of drug-likeness (QED) is 0.421. The number of ketones is 1. The van der Waals surface area contributed by atoms with Crippen LogP contribution in [-0.2, 0) is 14.0 Å². The Morgan fingerprint density at radius 3 is 2.21 bits per heavy atom. The van der Waals surface area contributed by atoms with Gasteiger partial charge in [0, 0.05) is 0 Å². The number of fused-ring (bicyclic) bond motifs is 1. The SMILES string of the molecule is C=C(C)C#CC1=C[C@@H](O[Si](C(C)C)(C(C)C)C(C)C)[C@@H]2O[C@@H]2C1=O. The zero-order chi connectivity index (χ0) is 18.2. The summed E-state index contributed by atoms with van der Waals surface area (Å²) >= 11 is 0. The van der Waals surface area contributed by atoms with Crippen molar-refractivity contribution in [3.05, 3.63) is 23.8 Å². The van der Waals surface area contributed by atoms with E-state index < -0.39 is 8.32 Å². The van der Waals surface area contributed by atoms with Crippen LogP contribution in [0.15, 0.2) is 23.8 Å². The Morgan fingerprint density at radius 2 is 1.75 bits per heavy atom. The normalized spacial score (nSPS) is 26.2. The summed E-state index contributed by atoms with van der Waals surface area (Å²) in [6.07, 6.45) is 1.23. The van der Waals surface area contributed by atoms with Gasteiger partial charge in [-0.1, -0.05) is 60.0 Å². The van der Waals surface area contributed by atoms with Gasteiger partial charge in [0.25, 0.3) is 0 Å². The number of hydrogen-bond donors (Lipinski definition) is 0. The highest BCUT2D eigenvalue weighted by molar-refractivity contribution is 6.77. The van der Waals surface area contributed by atoms with E-state index in [1.54, 1.807) is 0 Å². The molecule has 1 fully saturated rings. The van der Waals surface area contributed by atoms with Crippen LogP contribution in [0.3, 0.4) is 0 Å². The second kappa shape index (κ2) is 6.99. The summed E-state index contributed by atoms with van der Waals surface area (Å²) in [4.78, 5) is 12.3.